The third-order valence-corrected chi connectivity index (χ3v) is 6.28. The Morgan fingerprint density at radius 1 is 1.22 bits per heavy atom. The number of amides is 1. The van der Waals surface area contributed by atoms with E-state index in [1.54, 1.807) is 6.92 Å². The van der Waals surface area contributed by atoms with E-state index in [9.17, 15) is 23.2 Å². The molecule has 36 heavy (non-hydrogen) atoms. The van der Waals surface area contributed by atoms with Gasteiger partial charge in [-0.25, -0.2) is 4.79 Å². The number of ether oxygens (including phenoxy) is 4. The van der Waals surface area contributed by atoms with Crippen molar-refractivity contribution in [3.63, 3.8) is 0 Å². The number of fused-ring (bicyclic) bond motifs is 1. The monoisotopic (exact) mass is 510 g/mol. The number of carbonyl (C=O) groups excluding carboxylic acids is 3. The van der Waals surface area contributed by atoms with Crippen molar-refractivity contribution in [3.8, 4) is 5.75 Å². The average molecular weight is 511 g/mol. The number of esters is 2. The highest BCUT2D eigenvalue weighted by Gasteiger charge is 2.33. The maximum Gasteiger partial charge on any atom is 0.341 e. The number of rotatable bonds is 11. The number of benzene rings is 1. The van der Waals surface area contributed by atoms with E-state index in [1.807, 2.05) is 13.0 Å². The van der Waals surface area contributed by atoms with E-state index in [4.69, 9.17) is 18.9 Å². The minimum atomic E-state index is -3.26. The Kier molecular flexibility index (Phi) is 9.77. The van der Waals surface area contributed by atoms with Crippen LogP contribution in [-0.2, 0) is 36.8 Å². The van der Waals surface area contributed by atoms with Gasteiger partial charge in [0.05, 0.1) is 31.6 Å². The van der Waals surface area contributed by atoms with Crippen LogP contribution in [0.25, 0.3) is 0 Å². The molecule has 2 aliphatic heterocycles. The van der Waals surface area contributed by atoms with Crippen molar-refractivity contribution < 1.29 is 42.1 Å². The number of nitrogens with zero attached hydrogens (tertiary/aromatic N) is 1. The number of morpholine rings is 1. The van der Waals surface area contributed by atoms with Crippen LogP contribution in [0.5, 0.6) is 5.75 Å². The molecule has 1 amide bonds. The highest BCUT2D eigenvalue weighted by atomic mass is 19.3. The molecule has 2 aliphatic rings. The van der Waals surface area contributed by atoms with Crippen molar-refractivity contribution in [2.45, 2.75) is 46.1 Å². The minimum absolute atomic E-state index is 0.0310. The number of methoxy groups -OCH3 is 1. The average Bonchev–Trinajstić information content (AvgIpc) is 3.25. The van der Waals surface area contributed by atoms with Gasteiger partial charge in [0, 0.05) is 37.2 Å². The second-order valence-corrected chi connectivity index (χ2v) is 8.66. The van der Waals surface area contributed by atoms with Gasteiger partial charge in [0.25, 0.3) is 5.91 Å². The molecule has 1 N–H and O–H groups in total. The van der Waals surface area contributed by atoms with Crippen molar-refractivity contribution in [2.24, 2.45) is 0 Å². The van der Waals surface area contributed by atoms with Crippen LogP contribution in [0.4, 0.5) is 14.5 Å². The zero-order valence-corrected chi connectivity index (χ0v) is 20.8. The number of hydrogen-bond donors (Lipinski definition) is 1. The summed E-state index contributed by atoms with van der Waals surface area (Å²) in [5.74, 6) is -2.15. The van der Waals surface area contributed by atoms with E-state index in [1.165, 1.54) is 7.11 Å². The zero-order chi connectivity index (χ0) is 26.2. The molecule has 9 nitrogen and oxygen atoms in total. The number of anilines is 1. The molecule has 0 aliphatic carbocycles. The predicted molar refractivity (Wildman–Crippen MR) is 126 cm³/mol. The second-order valence-electron chi connectivity index (χ2n) is 8.66. The first-order valence-electron chi connectivity index (χ1n) is 11.8. The molecule has 0 saturated carbocycles. The van der Waals surface area contributed by atoms with E-state index in [2.05, 4.69) is 10.2 Å². The van der Waals surface area contributed by atoms with Gasteiger partial charge in [-0.1, -0.05) is 11.6 Å². The number of carbonyl (C=O) groups is 3. The normalized spacial score (nSPS) is 16.1. The lowest BCUT2D eigenvalue weighted by Gasteiger charge is -2.26. The fraction of sp³-hybridized carbons (Fsp3) is 0.560. The van der Waals surface area contributed by atoms with Gasteiger partial charge in [-0.05, 0) is 32.3 Å². The summed E-state index contributed by atoms with van der Waals surface area (Å²) in [6.07, 6.45) is -0.648. The number of cyclic esters (lactones) is 1. The maximum atomic E-state index is 13.0. The Bertz CT molecular complexity index is 1020. The minimum Gasteiger partial charge on any atom is -0.496 e. The molecule has 198 valence electrons. The summed E-state index contributed by atoms with van der Waals surface area (Å²) in [7, 11) is 1.43. The van der Waals surface area contributed by atoms with Gasteiger partial charge < -0.3 is 24.3 Å². The topological polar surface area (TPSA) is 103 Å². The SMILES string of the molecule is COc1c(C)c2c(c(NC(=O)C(F)F)c1C/C=C(\C)CCC(=O)OCCN1CCOCC1)C(=O)OC2. The number of hydrogen-bond acceptors (Lipinski definition) is 8. The molecule has 0 atom stereocenters. The molecule has 0 spiro atoms. The number of allylic oxidation sites excluding steroid dienone is 2. The first-order valence-corrected chi connectivity index (χ1v) is 11.8. The highest BCUT2D eigenvalue weighted by Crippen LogP contribution is 2.41. The Hall–Kier alpha value is -3.05. The molecular weight excluding hydrogens is 478 g/mol. The van der Waals surface area contributed by atoms with Gasteiger partial charge in [-0.2, -0.15) is 8.78 Å². The summed E-state index contributed by atoms with van der Waals surface area (Å²) in [4.78, 5) is 38.5. The summed E-state index contributed by atoms with van der Waals surface area (Å²) in [6, 6.07) is 0. The Morgan fingerprint density at radius 2 is 1.94 bits per heavy atom. The van der Waals surface area contributed by atoms with Crippen molar-refractivity contribution >= 4 is 23.5 Å². The van der Waals surface area contributed by atoms with Gasteiger partial charge in [-0.15, -0.1) is 0 Å². The lowest BCUT2D eigenvalue weighted by molar-refractivity contribution is -0.144. The molecule has 11 heteroatoms. The van der Waals surface area contributed by atoms with E-state index in [-0.39, 0.29) is 36.7 Å². The van der Waals surface area contributed by atoms with Crippen molar-refractivity contribution in [3.05, 3.63) is 33.9 Å². The second kappa shape index (κ2) is 12.8. The van der Waals surface area contributed by atoms with Crippen LogP contribution in [0.2, 0.25) is 0 Å². The van der Waals surface area contributed by atoms with Crippen LogP contribution in [-0.4, -0.2) is 75.7 Å². The lowest BCUT2D eigenvalue weighted by Crippen LogP contribution is -2.38. The summed E-state index contributed by atoms with van der Waals surface area (Å²) >= 11 is 0. The van der Waals surface area contributed by atoms with Gasteiger partial charge in [0.1, 0.15) is 19.0 Å². The van der Waals surface area contributed by atoms with Crippen molar-refractivity contribution in [1.29, 1.82) is 0 Å². The Morgan fingerprint density at radius 3 is 2.61 bits per heavy atom. The van der Waals surface area contributed by atoms with Gasteiger partial charge in [0.2, 0.25) is 0 Å². The molecule has 0 aromatic heterocycles. The van der Waals surface area contributed by atoms with Crippen molar-refractivity contribution in [1.82, 2.24) is 4.90 Å². The molecule has 3 rings (SSSR count). The molecular formula is C25H32F2N2O7. The maximum absolute atomic E-state index is 13.0. The van der Waals surface area contributed by atoms with E-state index in [0.29, 0.717) is 55.2 Å². The van der Waals surface area contributed by atoms with Gasteiger partial charge in [-0.3, -0.25) is 14.5 Å². The zero-order valence-electron chi connectivity index (χ0n) is 20.8. The predicted octanol–water partition coefficient (Wildman–Crippen LogP) is 3.02. The van der Waals surface area contributed by atoms with E-state index in [0.717, 1.165) is 18.7 Å². The third kappa shape index (κ3) is 6.79. The summed E-state index contributed by atoms with van der Waals surface area (Å²) in [5.41, 5.74) is 2.39. The Balaban J connectivity index is 1.68. The molecule has 0 unspecified atom stereocenters. The van der Waals surface area contributed by atoms with Crippen molar-refractivity contribution in [2.75, 3.05) is 51.9 Å². The number of nitrogens with one attached hydrogen (secondary N) is 1. The van der Waals surface area contributed by atoms with Gasteiger partial charge >= 0.3 is 18.4 Å². The molecule has 0 bridgehead atoms. The smallest absolute Gasteiger partial charge is 0.341 e. The number of halogens is 2. The molecule has 1 saturated heterocycles. The number of alkyl halides is 2. The first kappa shape index (κ1) is 27.5. The van der Waals surface area contributed by atoms with Crippen LogP contribution in [0.15, 0.2) is 11.6 Å². The summed E-state index contributed by atoms with van der Waals surface area (Å²) in [6.45, 7) is 7.53. The van der Waals surface area contributed by atoms with E-state index >= 15 is 0 Å². The molecule has 1 fully saturated rings. The summed E-state index contributed by atoms with van der Waals surface area (Å²) < 4.78 is 47.3. The highest BCUT2D eigenvalue weighted by molar-refractivity contribution is 6.06. The third-order valence-electron chi connectivity index (χ3n) is 6.28. The van der Waals surface area contributed by atoms with Crippen LogP contribution in [0.1, 0.15) is 46.8 Å². The van der Waals surface area contributed by atoms with E-state index < -0.39 is 18.3 Å². The largest absolute Gasteiger partial charge is 0.496 e. The van der Waals surface area contributed by atoms with Crippen LogP contribution >= 0.6 is 0 Å². The molecule has 1 aromatic carbocycles. The first-order chi connectivity index (χ1) is 17.2. The standard InChI is InChI=1S/C25H32F2N2O7/c1-15(5-7-19(30)35-13-10-29-8-11-34-12-9-29)4-6-17-21(28-24(31)23(26)27)20-18(14-36-25(20)32)16(2)22(17)33-3/h4,23H,5-14H2,1-3H3,(H,28,31)/b15-4+. The fourth-order valence-electron chi connectivity index (χ4n) is 4.23. The molecule has 1 aromatic rings. The lowest BCUT2D eigenvalue weighted by atomic mass is 9.93. The quantitative estimate of drug-likeness (QED) is 0.358. The molecule has 0 radical (unpaired) electrons. The summed E-state index contributed by atoms with van der Waals surface area (Å²) in [5, 5.41) is 2.18. The van der Waals surface area contributed by atoms with Gasteiger partial charge in [0.15, 0.2) is 0 Å². The molecule has 2 heterocycles. The van der Waals surface area contributed by atoms with Crippen LogP contribution in [0.3, 0.4) is 0 Å². The van der Waals surface area contributed by atoms with Crippen LogP contribution < -0.4 is 10.1 Å². The fourth-order valence-corrected chi connectivity index (χ4v) is 4.23. The van der Waals surface area contributed by atoms with Crippen LogP contribution in [0, 0.1) is 6.92 Å². The Labute approximate surface area is 208 Å².